The molecule has 0 aliphatic rings. The first-order valence-corrected chi connectivity index (χ1v) is 7.17. The number of benzene rings is 1. The lowest BCUT2D eigenvalue weighted by Crippen LogP contribution is -2.42. The summed E-state index contributed by atoms with van der Waals surface area (Å²) in [6.45, 7) is 5.56. The van der Waals surface area contributed by atoms with E-state index >= 15 is 0 Å². The number of nitrogen functional groups attached to an aromatic ring is 1. The number of nitrogens with one attached hydrogen (secondary N) is 1. The second-order valence-corrected chi connectivity index (χ2v) is 6.40. The van der Waals surface area contributed by atoms with E-state index in [1.807, 2.05) is 20.8 Å². The van der Waals surface area contributed by atoms with Crippen LogP contribution in [0.2, 0.25) is 0 Å². The van der Waals surface area contributed by atoms with Crippen molar-refractivity contribution < 1.29 is 13.2 Å². The predicted octanol–water partition coefficient (Wildman–Crippen LogP) is 1.74. The third kappa shape index (κ3) is 3.36. The molecule has 0 saturated heterocycles. The Morgan fingerprint density at radius 3 is 2.44 bits per heavy atom. The highest BCUT2D eigenvalue weighted by Crippen LogP contribution is 2.25. The van der Waals surface area contributed by atoms with Gasteiger partial charge in [0.05, 0.1) is 12.8 Å². The van der Waals surface area contributed by atoms with Crippen LogP contribution in [0.15, 0.2) is 23.1 Å². The maximum Gasteiger partial charge on any atom is 0.243 e. The summed E-state index contributed by atoms with van der Waals surface area (Å²) in [5.74, 6) is 0.529. The van der Waals surface area contributed by atoms with Crippen LogP contribution in [0.1, 0.15) is 27.2 Å². The van der Waals surface area contributed by atoms with Crippen LogP contribution in [0.25, 0.3) is 0 Å². The van der Waals surface area contributed by atoms with E-state index in [2.05, 4.69) is 4.72 Å². The van der Waals surface area contributed by atoms with E-state index in [1.165, 1.54) is 19.2 Å². The molecule has 1 aromatic rings. The fraction of sp³-hybridized carbons (Fsp3) is 0.500. The van der Waals surface area contributed by atoms with Gasteiger partial charge in [-0.05, 0) is 32.4 Å². The van der Waals surface area contributed by atoms with Crippen LogP contribution < -0.4 is 15.2 Å². The normalized spacial score (nSPS) is 12.4. The van der Waals surface area contributed by atoms with Crippen molar-refractivity contribution in [3.63, 3.8) is 0 Å². The summed E-state index contributed by atoms with van der Waals surface area (Å²) >= 11 is 0. The van der Waals surface area contributed by atoms with E-state index in [0.717, 1.165) is 0 Å². The molecule has 0 radical (unpaired) electrons. The lowest BCUT2D eigenvalue weighted by molar-refractivity contribution is 0.414. The highest BCUT2D eigenvalue weighted by Gasteiger charge is 2.26. The van der Waals surface area contributed by atoms with Crippen molar-refractivity contribution in [2.45, 2.75) is 37.6 Å². The Kier molecular flexibility index (Phi) is 4.24. The molecule has 0 heterocycles. The quantitative estimate of drug-likeness (QED) is 0.800. The Morgan fingerprint density at radius 2 is 2.00 bits per heavy atom. The summed E-state index contributed by atoms with van der Waals surface area (Å²) in [6.07, 6.45) is 0.683. The number of rotatable bonds is 5. The van der Waals surface area contributed by atoms with E-state index in [-0.39, 0.29) is 10.6 Å². The Balaban J connectivity index is 3.14. The molecule has 102 valence electrons. The summed E-state index contributed by atoms with van der Waals surface area (Å²) in [6, 6.07) is 4.51. The van der Waals surface area contributed by atoms with Crippen LogP contribution in [0.5, 0.6) is 5.75 Å². The molecule has 3 N–H and O–H groups in total. The van der Waals surface area contributed by atoms with Crippen LogP contribution in [0.3, 0.4) is 0 Å². The summed E-state index contributed by atoms with van der Waals surface area (Å²) in [4.78, 5) is 0.0739. The van der Waals surface area contributed by atoms with Gasteiger partial charge in [-0.1, -0.05) is 6.92 Å². The van der Waals surface area contributed by atoms with Gasteiger partial charge >= 0.3 is 0 Å². The van der Waals surface area contributed by atoms with Crippen molar-refractivity contribution in [1.29, 1.82) is 0 Å². The largest absolute Gasteiger partial charge is 0.497 e. The second kappa shape index (κ2) is 5.16. The molecule has 5 nitrogen and oxygen atoms in total. The zero-order chi connectivity index (χ0) is 14.0. The molecule has 0 spiro atoms. The molecule has 0 saturated carbocycles. The molecule has 0 aliphatic heterocycles. The zero-order valence-corrected chi connectivity index (χ0v) is 12.0. The number of ether oxygens (including phenoxy) is 1. The molecule has 0 amide bonds. The van der Waals surface area contributed by atoms with Crippen LogP contribution in [0.4, 0.5) is 5.69 Å². The average Bonchev–Trinajstić information content (AvgIpc) is 2.27. The summed E-state index contributed by atoms with van der Waals surface area (Å²) < 4.78 is 32.0. The first-order chi connectivity index (χ1) is 8.22. The number of hydrogen-bond donors (Lipinski definition) is 2. The topological polar surface area (TPSA) is 81.4 Å². The average molecular weight is 272 g/mol. The van der Waals surface area contributed by atoms with Crippen LogP contribution in [0, 0.1) is 0 Å². The van der Waals surface area contributed by atoms with Crippen molar-refractivity contribution >= 4 is 15.7 Å². The van der Waals surface area contributed by atoms with Crippen molar-refractivity contribution in [3.05, 3.63) is 18.2 Å². The van der Waals surface area contributed by atoms with Crippen molar-refractivity contribution in [3.8, 4) is 5.75 Å². The second-order valence-electron chi connectivity index (χ2n) is 4.75. The summed E-state index contributed by atoms with van der Waals surface area (Å²) in [5.41, 5.74) is 5.41. The molecule has 0 atom stereocenters. The minimum atomic E-state index is -3.62. The van der Waals surface area contributed by atoms with Gasteiger partial charge in [0.15, 0.2) is 0 Å². The maximum atomic E-state index is 12.2. The van der Waals surface area contributed by atoms with E-state index < -0.39 is 15.6 Å². The van der Waals surface area contributed by atoms with Gasteiger partial charge in [-0.25, -0.2) is 13.1 Å². The number of hydrogen-bond acceptors (Lipinski definition) is 4. The number of nitrogens with two attached hydrogens (primary N) is 1. The Labute approximate surface area is 108 Å². The van der Waals surface area contributed by atoms with E-state index in [0.29, 0.717) is 12.2 Å². The van der Waals surface area contributed by atoms with Crippen LogP contribution in [-0.4, -0.2) is 21.1 Å². The first kappa shape index (κ1) is 14.8. The number of anilines is 1. The molecule has 0 fully saturated rings. The van der Waals surface area contributed by atoms with Crippen molar-refractivity contribution in [2.75, 3.05) is 12.8 Å². The minimum absolute atomic E-state index is 0.0739. The van der Waals surface area contributed by atoms with E-state index in [4.69, 9.17) is 10.5 Å². The van der Waals surface area contributed by atoms with Gasteiger partial charge in [0.1, 0.15) is 10.6 Å². The van der Waals surface area contributed by atoms with Gasteiger partial charge < -0.3 is 10.5 Å². The minimum Gasteiger partial charge on any atom is -0.497 e. The standard InChI is InChI=1S/C12H20N2O3S/c1-5-12(2,3)14-18(15,16)11-7-6-9(17-4)8-10(11)13/h6-8,14H,5,13H2,1-4H3. The highest BCUT2D eigenvalue weighted by molar-refractivity contribution is 7.89. The molecule has 18 heavy (non-hydrogen) atoms. The summed E-state index contributed by atoms with van der Waals surface area (Å²) in [5, 5.41) is 0. The molecule has 0 aromatic heterocycles. The van der Waals surface area contributed by atoms with E-state index in [9.17, 15) is 8.42 Å². The highest BCUT2D eigenvalue weighted by atomic mass is 32.2. The molecule has 0 aliphatic carbocycles. The Bertz CT molecular complexity index is 524. The monoisotopic (exact) mass is 272 g/mol. The fourth-order valence-electron chi connectivity index (χ4n) is 1.39. The first-order valence-electron chi connectivity index (χ1n) is 5.69. The van der Waals surface area contributed by atoms with Gasteiger partial charge in [0.25, 0.3) is 0 Å². The van der Waals surface area contributed by atoms with E-state index in [1.54, 1.807) is 6.07 Å². The molecule has 1 aromatic carbocycles. The third-order valence-electron chi connectivity index (χ3n) is 2.80. The molecular formula is C12H20N2O3S. The zero-order valence-electron chi connectivity index (χ0n) is 11.1. The van der Waals surface area contributed by atoms with Crippen molar-refractivity contribution in [2.24, 2.45) is 0 Å². The number of methoxy groups -OCH3 is 1. The Morgan fingerprint density at radius 1 is 1.39 bits per heavy atom. The van der Waals surface area contributed by atoms with Gasteiger partial charge in [-0.2, -0.15) is 0 Å². The van der Waals surface area contributed by atoms with Crippen LogP contribution in [-0.2, 0) is 10.0 Å². The lowest BCUT2D eigenvalue weighted by atomic mass is 10.0. The fourth-order valence-corrected chi connectivity index (χ4v) is 2.99. The molecule has 0 unspecified atom stereocenters. The Hall–Kier alpha value is -1.27. The maximum absolute atomic E-state index is 12.2. The smallest absolute Gasteiger partial charge is 0.243 e. The predicted molar refractivity (Wildman–Crippen MR) is 72.1 cm³/mol. The molecular weight excluding hydrogens is 252 g/mol. The molecule has 6 heteroatoms. The van der Waals surface area contributed by atoms with Gasteiger partial charge in [0.2, 0.25) is 10.0 Å². The SMILES string of the molecule is CCC(C)(C)NS(=O)(=O)c1ccc(OC)cc1N. The molecule has 0 bridgehead atoms. The third-order valence-corrected chi connectivity index (χ3v) is 4.57. The number of sulfonamides is 1. The van der Waals surface area contributed by atoms with Crippen LogP contribution >= 0.6 is 0 Å². The van der Waals surface area contributed by atoms with Gasteiger partial charge in [0, 0.05) is 11.6 Å². The van der Waals surface area contributed by atoms with Gasteiger partial charge in [-0.3, -0.25) is 0 Å². The van der Waals surface area contributed by atoms with Gasteiger partial charge in [-0.15, -0.1) is 0 Å². The molecule has 1 rings (SSSR count). The van der Waals surface area contributed by atoms with Crippen molar-refractivity contribution in [1.82, 2.24) is 4.72 Å². The summed E-state index contributed by atoms with van der Waals surface area (Å²) in [7, 11) is -2.11. The lowest BCUT2D eigenvalue weighted by Gasteiger charge is -2.24.